The number of rotatable bonds is 4. The fourth-order valence-corrected chi connectivity index (χ4v) is 3.86. The van der Waals surface area contributed by atoms with Gasteiger partial charge in [0.25, 0.3) is 5.78 Å². The van der Waals surface area contributed by atoms with Crippen LogP contribution in [0.25, 0.3) is 5.76 Å². The highest BCUT2D eigenvalue weighted by Gasteiger charge is 2.48. The first-order chi connectivity index (χ1) is 14.0. The number of amides is 1. The summed E-state index contributed by atoms with van der Waals surface area (Å²) in [6, 6.07) is 13.3. The molecule has 8 heteroatoms. The zero-order chi connectivity index (χ0) is 20.5. The Labute approximate surface area is 170 Å². The minimum Gasteiger partial charge on any atom is -0.507 e. The highest BCUT2D eigenvalue weighted by Crippen LogP contribution is 2.42. The van der Waals surface area contributed by atoms with Crippen LogP contribution in [-0.4, -0.2) is 34.1 Å². The number of aromatic nitrogens is 2. The van der Waals surface area contributed by atoms with Crippen molar-refractivity contribution in [2.75, 3.05) is 12.0 Å². The molecule has 1 aliphatic heterocycles. The van der Waals surface area contributed by atoms with E-state index in [1.165, 1.54) is 10.4 Å². The molecule has 1 aliphatic rings. The van der Waals surface area contributed by atoms with Crippen molar-refractivity contribution in [1.29, 1.82) is 0 Å². The maximum atomic E-state index is 12.9. The average molecular weight is 407 g/mol. The Balaban J connectivity index is 1.91. The van der Waals surface area contributed by atoms with E-state index in [0.717, 1.165) is 16.9 Å². The Morgan fingerprint density at radius 1 is 1.10 bits per heavy atom. The molecular weight excluding hydrogens is 390 g/mol. The van der Waals surface area contributed by atoms with Crippen molar-refractivity contribution in [3.63, 3.8) is 0 Å². The number of carbonyl (C=O) groups is 2. The lowest BCUT2D eigenvalue weighted by atomic mass is 9.95. The second-order valence-electron chi connectivity index (χ2n) is 6.53. The number of nitrogens with zero attached hydrogens (tertiary/aromatic N) is 3. The van der Waals surface area contributed by atoms with E-state index in [1.807, 2.05) is 19.1 Å². The van der Waals surface area contributed by atoms with Gasteiger partial charge >= 0.3 is 5.91 Å². The molecule has 1 atom stereocenters. The highest BCUT2D eigenvalue weighted by molar-refractivity contribution is 7.13. The maximum absolute atomic E-state index is 12.9. The second-order valence-corrected chi connectivity index (χ2v) is 7.34. The molecule has 1 saturated heterocycles. The van der Waals surface area contributed by atoms with Gasteiger partial charge in [0.15, 0.2) is 0 Å². The van der Waals surface area contributed by atoms with Crippen molar-refractivity contribution in [3.8, 4) is 5.75 Å². The van der Waals surface area contributed by atoms with Crippen LogP contribution >= 0.6 is 11.3 Å². The number of benzene rings is 2. The van der Waals surface area contributed by atoms with Crippen LogP contribution in [0.3, 0.4) is 0 Å². The highest BCUT2D eigenvalue weighted by atomic mass is 32.1. The van der Waals surface area contributed by atoms with Crippen molar-refractivity contribution < 1.29 is 19.4 Å². The van der Waals surface area contributed by atoms with Crippen LogP contribution in [0.4, 0.5) is 5.13 Å². The molecule has 0 unspecified atom stereocenters. The average Bonchev–Trinajstić information content (AvgIpc) is 3.35. The van der Waals surface area contributed by atoms with E-state index in [1.54, 1.807) is 43.5 Å². The van der Waals surface area contributed by atoms with Crippen LogP contribution in [0.5, 0.6) is 5.75 Å². The molecule has 2 heterocycles. The number of Topliss-reactive ketones (excluding diaryl/α,β-unsaturated/α-hetero) is 1. The first kappa shape index (κ1) is 18.8. The number of aliphatic hydroxyl groups is 1. The number of methoxy groups -OCH3 is 1. The lowest BCUT2D eigenvalue weighted by molar-refractivity contribution is -0.132. The molecule has 3 aromatic rings. The predicted octanol–water partition coefficient (Wildman–Crippen LogP) is 3.48. The first-order valence-electron chi connectivity index (χ1n) is 8.79. The number of hydrogen-bond donors (Lipinski definition) is 1. The summed E-state index contributed by atoms with van der Waals surface area (Å²) < 4.78 is 5.20. The molecular formula is C21H17N3O4S. The number of aliphatic hydroxyl groups excluding tert-OH is 1. The van der Waals surface area contributed by atoms with Gasteiger partial charge in [-0.1, -0.05) is 53.3 Å². The number of carbonyl (C=O) groups excluding carboxylic acids is 2. The Morgan fingerprint density at radius 3 is 2.38 bits per heavy atom. The minimum absolute atomic E-state index is 0.0132. The summed E-state index contributed by atoms with van der Waals surface area (Å²) in [5.41, 5.74) is 3.62. The van der Waals surface area contributed by atoms with Gasteiger partial charge in [-0.15, -0.1) is 10.2 Å². The fourth-order valence-electron chi connectivity index (χ4n) is 3.27. The standard InChI is InChI=1S/C21H17N3O4S/c1-12-3-5-14(6-4-12)18(25)16-17(13-7-9-15(28-2)10-8-13)24(20(27)19(16)26)21-23-22-11-29-21/h3-11,17,25H,1-2H3/t17-/m0/s1. The van der Waals surface area contributed by atoms with E-state index < -0.39 is 17.7 Å². The van der Waals surface area contributed by atoms with Crippen LogP contribution in [0, 0.1) is 6.92 Å². The van der Waals surface area contributed by atoms with E-state index in [-0.39, 0.29) is 16.5 Å². The summed E-state index contributed by atoms with van der Waals surface area (Å²) in [7, 11) is 1.56. The van der Waals surface area contributed by atoms with Gasteiger partial charge in [-0.25, -0.2) is 0 Å². The van der Waals surface area contributed by atoms with Gasteiger partial charge in [-0.05, 0) is 24.6 Å². The predicted molar refractivity (Wildman–Crippen MR) is 109 cm³/mol. The van der Waals surface area contributed by atoms with Crippen LogP contribution in [0.1, 0.15) is 22.7 Å². The van der Waals surface area contributed by atoms with Crippen LogP contribution in [0.15, 0.2) is 59.6 Å². The molecule has 0 bridgehead atoms. The molecule has 1 fully saturated rings. The largest absolute Gasteiger partial charge is 0.507 e. The lowest BCUT2D eigenvalue weighted by Crippen LogP contribution is -2.29. The van der Waals surface area contributed by atoms with E-state index in [9.17, 15) is 14.7 Å². The molecule has 1 amide bonds. The third kappa shape index (κ3) is 3.27. The number of ether oxygens (including phenoxy) is 1. The number of ketones is 1. The van der Waals surface area contributed by atoms with Crippen molar-refractivity contribution >= 4 is 33.9 Å². The summed E-state index contributed by atoms with van der Waals surface area (Å²) in [6.45, 7) is 1.93. The molecule has 0 radical (unpaired) electrons. The molecule has 7 nitrogen and oxygen atoms in total. The SMILES string of the molecule is COc1ccc([C@H]2C(=C(O)c3ccc(C)cc3)C(=O)C(=O)N2c2nncs2)cc1. The molecule has 1 N–H and O–H groups in total. The van der Waals surface area contributed by atoms with Crippen molar-refractivity contribution in [2.24, 2.45) is 0 Å². The first-order valence-corrected chi connectivity index (χ1v) is 9.67. The van der Waals surface area contributed by atoms with Crippen molar-refractivity contribution in [3.05, 3.63) is 76.3 Å². The molecule has 2 aromatic carbocycles. The van der Waals surface area contributed by atoms with Gasteiger partial charge in [-0.3, -0.25) is 14.5 Å². The molecule has 0 aliphatic carbocycles. The van der Waals surface area contributed by atoms with Crippen molar-refractivity contribution in [2.45, 2.75) is 13.0 Å². The summed E-state index contributed by atoms with van der Waals surface area (Å²) in [4.78, 5) is 27.1. The molecule has 1 aromatic heterocycles. The van der Waals surface area contributed by atoms with Gasteiger partial charge in [-0.2, -0.15) is 0 Å². The number of anilines is 1. The molecule has 0 spiro atoms. The van der Waals surface area contributed by atoms with Crippen molar-refractivity contribution in [1.82, 2.24) is 10.2 Å². The zero-order valence-corrected chi connectivity index (χ0v) is 16.5. The lowest BCUT2D eigenvalue weighted by Gasteiger charge is -2.22. The normalized spacial score (nSPS) is 18.3. The molecule has 146 valence electrons. The quantitative estimate of drug-likeness (QED) is 0.404. The van der Waals surface area contributed by atoms with E-state index in [0.29, 0.717) is 16.9 Å². The van der Waals surface area contributed by atoms with Crippen LogP contribution in [-0.2, 0) is 9.59 Å². The summed E-state index contributed by atoms with van der Waals surface area (Å²) in [6.07, 6.45) is 0. The van der Waals surface area contributed by atoms with E-state index >= 15 is 0 Å². The Kier molecular flexibility index (Phi) is 4.85. The Bertz CT molecular complexity index is 1090. The van der Waals surface area contributed by atoms with Gasteiger partial charge in [0.05, 0.1) is 18.7 Å². The Hall–Kier alpha value is -3.52. The Morgan fingerprint density at radius 2 is 1.79 bits per heavy atom. The number of aryl methyl sites for hydroxylation is 1. The monoisotopic (exact) mass is 407 g/mol. The van der Waals surface area contributed by atoms with E-state index in [2.05, 4.69) is 10.2 Å². The van der Waals surface area contributed by atoms with Crippen LogP contribution in [0.2, 0.25) is 0 Å². The second kappa shape index (κ2) is 7.48. The fraction of sp³-hybridized carbons (Fsp3) is 0.143. The van der Waals surface area contributed by atoms with Crippen LogP contribution < -0.4 is 9.64 Å². The minimum atomic E-state index is -0.824. The summed E-state index contributed by atoms with van der Waals surface area (Å²) >= 11 is 1.15. The maximum Gasteiger partial charge on any atom is 0.301 e. The molecule has 0 saturated carbocycles. The topological polar surface area (TPSA) is 92.6 Å². The smallest absolute Gasteiger partial charge is 0.301 e. The summed E-state index contributed by atoms with van der Waals surface area (Å²) in [5.74, 6) is -1.10. The van der Waals surface area contributed by atoms with Gasteiger partial charge in [0.1, 0.15) is 17.0 Å². The van der Waals surface area contributed by atoms with Gasteiger partial charge in [0, 0.05) is 5.56 Å². The summed E-state index contributed by atoms with van der Waals surface area (Å²) in [5, 5.41) is 19.0. The number of hydrogen-bond acceptors (Lipinski definition) is 7. The van der Waals surface area contributed by atoms with Gasteiger partial charge in [0.2, 0.25) is 5.13 Å². The molecule has 29 heavy (non-hydrogen) atoms. The van der Waals surface area contributed by atoms with Gasteiger partial charge < -0.3 is 9.84 Å². The third-order valence-electron chi connectivity index (χ3n) is 4.76. The van der Waals surface area contributed by atoms with E-state index in [4.69, 9.17) is 4.74 Å². The molecule has 4 rings (SSSR count). The zero-order valence-electron chi connectivity index (χ0n) is 15.7. The third-order valence-corrected chi connectivity index (χ3v) is 5.44.